The molecule has 16 heteroatoms. The fraction of sp³-hybridized carbons (Fsp3) is 0.462. The maximum Gasteiger partial charge on any atom is 0.331 e. The Balaban J connectivity index is 1.09. The van der Waals surface area contributed by atoms with E-state index in [-0.39, 0.29) is 25.3 Å². The summed E-state index contributed by atoms with van der Waals surface area (Å²) in [6, 6.07) is 15.8. The van der Waals surface area contributed by atoms with Crippen LogP contribution < -0.4 is 47.4 Å². The van der Waals surface area contributed by atoms with Crippen LogP contribution in [0.1, 0.15) is 58.3 Å². The molecule has 0 aromatic heterocycles. The lowest BCUT2D eigenvalue weighted by molar-refractivity contribution is -0.935. The van der Waals surface area contributed by atoms with Crippen LogP contribution in [0.3, 0.4) is 0 Å². The first-order valence-electron chi connectivity index (χ1n) is 22.6. The normalized spacial score (nSPS) is 19.5. The maximum absolute atomic E-state index is 12.9. The fourth-order valence-corrected chi connectivity index (χ4v) is 10.0. The van der Waals surface area contributed by atoms with Gasteiger partial charge in [-0.2, -0.15) is 0 Å². The standard InChI is InChI=1S/C52H68N2O14/c1-53(21-17-33-25-39(57-3)41(59-5)31-37(33)49(53)35-27-43(61-7)51(65-11)44(28-35)62-8)19-13-23-67-47(55)15-16-48(56)68-24-14-20-54(2)22-18-34-26-40(58-4)42(60-6)32-38(34)50(54)36-29-45(63-9)52(66-12)46(30-36)64-10/h15-16,25-32,49-50H,13-14,17-24H2,1-12H3/q+2/b16-15+/t49-,50?,53-,54-/m1/s1. The Morgan fingerprint density at radius 2 is 0.765 bits per heavy atom. The van der Waals surface area contributed by atoms with E-state index in [0.717, 1.165) is 71.5 Å². The van der Waals surface area contributed by atoms with Crippen LogP contribution in [0, 0.1) is 0 Å². The van der Waals surface area contributed by atoms with E-state index in [4.69, 9.17) is 56.8 Å². The van der Waals surface area contributed by atoms with Crippen molar-refractivity contribution in [3.05, 3.63) is 94.1 Å². The smallest absolute Gasteiger partial charge is 0.331 e. The van der Waals surface area contributed by atoms with E-state index in [1.165, 1.54) is 0 Å². The SMILES string of the molecule is COc1cc2c(cc1OC)C(c1cc(OC)c(OC)c(OC)c1)[N@+](C)(CCCOC(=O)/C=C/C(=O)OCCC[N@+]1(C)CCc3cc(OC)c(OC)cc3[C@H]1c1cc(OC)c(OC)c(OC)c1)CC2. The van der Waals surface area contributed by atoms with E-state index in [0.29, 0.717) is 92.4 Å². The molecule has 0 spiro atoms. The quantitative estimate of drug-likeness (QED) is 0.0343. The van der Waals surface area contributed by atoms with Crippen LogP contribution in [0.2, 0.25) is 0 Å². The number of esters is 2. The van der Waals surface area contributed by atoms with Crippen LogP contribution in [-0.2, 0) is 31.9 Å². The van der Waals surface area contributed by atoms with Gasteiger partial charge in [-0.05, 0) is 59.7 Å². The van der Waals surface area contributed by atoms with Gasteiger partial charge in [0.15, 0.2) is 46.0 Å². The van der Waals surface area contributed by atoms with Crippen LogP contribution in [-0.4, -0.2) is 145 Å². The molecule has 2 aliphatic heterocycles. The molecule has 1 unspecified atom stereocenters. The summed E-state index contributed by atoms with van der Waals surface area (Å²) in [4.78, 5) is 25.8. The number of methoxy groups -OCH3 is 10. The monoisotopic (exact) mass is 944 g/mol. The highest BCUT2D eigenvalue weighted by atomic mass is 16.6. The molecular weight excluding hydrogens is 877 g/mol. The number of hydrogen-bond acceptors (Lipinski definition) is 14. The largest absolute Gasteiger partial charge is 0.493 e. The minimum atomic E-state index is -0.628. The van der Waals surface area contributed by atoms with Crippen LogP contribution in [0.15, 0.2) is 60.7 Å². The molecule has 0 amide bonds. The molecule has 0 N–H and O–H groups in total. The van der Waals surface area contributed by atoms with Crippen molar-refractivity contribution in [1.29, 1.82) is 0 Å². The topological polar surface area (TPSA) is 145 Å². The van der Waals surface area contributed by atoms with Crippen molar-refractivity contribution in [2.75, 3.05) is 125 Å². The number of likely N-dealkylation sites (N-methyl/N-ethyl adjacent to an activating group) is 2. The van der Waals surface area contributed by atoms with Gasteiger partial charge < -0.3 is 65.8 Å². The molecule has 0 radical (unpaired) electrons. The summed E-state index contributed by atoms with van der Waals surface area (Å²) >= 11 is 0. The summed E-state index contributed by atoms with van der Waals surface area (Å²) in [5.74, 6) is 4.54. The predicted octanol–water partition coefficient (Wildman–Crippen LogP) is 7.08. The Kier molecular flexibility index (Phi) is 16.8. The number of quaternary nitrogens is 2. The highest BCUT2D eigenvalue weighted by Crippen LogP contribution is 2.50. The summed E-state index contributed by atoms with van der Waals surface area (Å²) in [6.45, 7) is 3.23. The van der Waals surface area contributed by atoms with Crippen molar-refractivity contribution in [3.63, 3.8) is 0 Å². The lowest BCUT2D eigenvalue weighted by Gasteiger charge is -2.46. The summed E-state index contributed by atoms with van der Waals surface area (Å²) in [6.07, 6.45) is 4.94. The molecular formula is C52H68N2O14+2. The van der Waals surface area contributed by atoms with E-state index >= 15 is 0 Å². The van der Waals surface area contributed by atoms with Crippen LogP contribution in [0.5, 0.6) is 57.5 Å². The molecule has 4 aromatic rings. The average molecular weight is 945 g/mol. The lowest BCUT2D eigenvalue weighted by atomic mass is 9.85. The number of benzene rings is 4. The fourth-order valence-electron chi connectivity index (χ4n) is 10.0. The Bertz CT molecular complexity index is 2240. The zero-order valence-electron chi connectivity index (χ0n) is 41.6. The Labute approximate surface area is 400 Å². The number of hydrogen-bond donors (Lipinski definition) is 0. The zero-order valence-corrected chi connectivity index (χ0v) is 41.6. The van der Waals surface area contributed by atoms with Crippen LogP contribution in [0.4, 0.5) is 0 Å². The second-order valence-electron chi connectivity index (χ2n) is 17.3. The van der Waals surface area contributed by atoms with E-state index in [1.807, 2.05) is 48.5 Å². The third-order valence-electron chi connectivity index (χ3n) is 13.4. The summed E-state index contributed by atoms with van der Waals surface area (Å²) in [5.41, 5.74) is 6.39. The third-order valence-corrected chi connectivity index (χ3v) is 13.4. The summed E-state index contributed by atoms with van der Waals surface area (Å²) < 4.78 is 69.5. The number of fused-ring (bicyclic) bond motifs is 2. The Hall–Kier alpha value is -6.52. The Morgan fingerprint density at radius 1 is 0.456 bits per heavy atom. The molecule has 0 fully saturated rings. The number of nitrogens with zero attached hydrogens (tertiary/aromatic N) is 2. The van der Waals surface area contributed by atoms with Crippen molar-refractivity contribution >= 4 is 11.9 Å². The molecule has 4 aromatic carbocycles. The predicted molar refractivity (Wildman–Crippen MR) is 255 cm³/mol. The minimum Gasteiger partial charge on any atom is -0.493 e. The van der Waals surface area contributed by atoms with Crippen LogP contribution in [0.25, 0.3) is 0 Å². The number of ether oxygens (including phenoxy) is 12. The van der Waals surface area contributed by atoms with Gasteiger partial charge in [-0.1, -0.05) is 0 Å². The first-order valence-corrected chi connectivity index (χ1v) is 22.6. The first-order chi connectivity index (χ1) is 32.8. The lowest BCUT2D eigenvalue weighted by Crippen LogP contribution is -2.52. The molecule has 2 aliphatic rings. The number of carbonyl (C=O) groups excluding carboxylic acids is 2. The molecule has 0 saturated heterocycles. The van der Waals surface area contributed by atoms with Gasteiger partial charge >= 0.3 is 11.9 Å². The highest BCUT2D eigenvalue weighted by molar-refractivity contribution is 5.91. The van der Waals surface area contributed by atoms with Gasteiger partial charge in [0.2, 0.25) is 11.5 Å². The molecule has 0 bridgehead atoms. The molecule has 16 nitrogen and oxygen atoms in total. The second-order valence-corrected chi connectivity index (χ2v) is 17.3. The van der Waals surface area contributed by atoms with Crippen molar-refractivity contribution in [3.8, 4) is 57.5 Å². The minimum absolute atomic E-state index is 0.151. The van der Waals surface area contributed by atoms with Crippen molar-refractivity contribution in [1.82, 2.24) is 0 Å². The maximum atomic E-state index is 12.9. The zero-order chi connectivity index (χ0) is 49.2. The van der Waals surface area contributed by atoms with Crippen molar-refractivity contribution in [2.45, 2.75) is 37.8 Å². The second kappa shape index (κ2) is 22.5. The molecule has 6 rings (SSSR count). The van der Waals surface area contributed by atoms with Gasteiger partial charge in [-0.3, -0.25) is 0 Å². The van der Waals surface area contributed by atoms with E-state index < -0.39 is 11.9 Å². The molecule has 68 heavy (non-hydrogen) atoms. The number of carbonyl (C=O) groups is 2. The highest BCUT2D eigenvalue weighted by Gasteiger charge is 2.43. The van der Waals surface area contributed by atoms with Gasteiger partial charge in [0.25, 0.3) is 0 Å². The van der Waals surface area contributed by atoms with Gasteiger partial charge in [0, 0.05) is 60.1 Å². The average Bonchev–Trinajstić information content (AvgIpc) is 3.36. The molecule has 0 saturated carbocycles. The third kappa shape index (κ3) is 10.6. The summed E-state index contributed by atoms with van der Waals surface area (Å²) in [5, 5.41) is 0. The first kappa shape index (κ1) is 50.9. The van der Waals surface area contributed by atoms with Gasteiger partial charge in [-0.15, -0.1) is 0 Å². The van der Waals surface area contributed by atoms with Crippen molar-refractivity contribution < 1.29 is 75.4 Å². The Morgan fingerprint density at radius 3 is 1.06 bits per heavy atom. The van der Waals surface area contributed by atoms with Gasteiger partial charge in [-0.25, -0.2) is 9.59 Å². The van der Waals surface area contributed by atoms with Crippen LogP contribution >= 0.6 is 0 Å². The summed E-state index contributed by atoms with van der Waals surface area (Å²) in [7, 11) is 20.5. The van der Waals surface area contributed by atoms with E-state index in [9.17, 15) is 9.59 Å². The molecule has 368 valence electrons. The van der Waals surface area contributed by atoms with Crippen molar-refractivity contribution in [2.24, 2.45) is 0 Å². The number of rotatable bonds is 22. The van der Waals surface area contributed by atoms with E-state index in [1.54, 1.807) is 71.1 Å². The van der Waals surface area contributed by atoms with E-state index in [2.05, 4.69) is 14.1 Å². The molecule has 0 aliphatic carbocycles. The molecule has 2 heterocycles. The van der Waals surface area contributed by atoms with Gasteiger partial charge in [0.1, 0.15) is 12.1 Å². The van der Waals surface area contributed by atoms with Gasteiger partial charge in [0.05, 0.1) is 125 Å². The molecule has 4 atom stereocenters.